The second kappa shape index (κ2) is 13.5. The largest absolute Gasteiger partial charge is 0.509 e. The maximum Gasteiger partial charge on any atom is 0.187 e. The Morgan fingerprint density at radius 1 is 0.712 bits per heavy atom. The number of para-hydroxylation sites is 4. The first kappa shape index (κ1) is 33.0. The molecular weight excluding hydrogens is 829 g/mol. The summed E-state index contributed by atoms with van der Waals surface area (Å²) >= 11 is 0. The third-order valence-electron chi connectivity index (χ3n) is 9.07. The number of hydrogen-bond donors (Lipinski definition) is 0. The van der Waals surface area contributed by atoms with Gasteiger partial charge in [0, 0.05) is 61.3 Å². The van der Waals surface area contributed by atoms with Crippen molar-refractivity contribution in [2.75, 3.05) is 9.80 Å². The quantitative estimate of drug-likeness (QED) is 0.156. The van der Waals surface area contributed by atoms with Crippen LogP contribution in [0.1, 0.15) is 5.56 Å². The second-order valence-corrected chi connectivity index (χ2v) is 12.3. The van der Waals surface area contributed by atoms with E-state index in [1.807, 2.05) is 102 Å². The van der Waals surface area contributed by atoms with E-state index in [4.69, 9.17) is 16.3 Å². The number of halogens is 1. The van der Waals surface area contributed by atoms with Gasteiger partial charge in [-0.3, -0.25) is 0 Å². The Labute approximate surface area is 315 Å². The smallest absolute Gasteiger partial charge is 0.187 e. The zero-order valence-electron chi connectivity index (χ0n) is 27.7. The van der Waals surface area contributed by atoms with Crippen LogP contribution >= 0.6 is 0 Å². The molecule has 0 spiro atoms. The SMILES string of the molecule is [C-]#[N+]c1ccc(-c2cc(Oc3[c-]c4c(cc3)c3ccccc3n4-c3cc(C)ccn3)[c-]c(N3[CH-]N(c4ccccc4F)c4ccccc43)c2)cc1.[Pt]. The van der Waals surface area contributed by atoms with Crippen molar-refractivity contribution in [3.63, 3.8) is 0 Å². The number of hydrogen-bond acceptors (Lipinski definition) is 4. The molecular formula is C44H27FN5OPt-3. The van der Waals surface area contributed by atoms with E-state index in [1.54, 1.807) is 24.3 Å². The number of pyridine rings is 1. The van der Waals surface area contributed by atoms with Crippen LogP contribution in [0.15, 0.2) is 140 Å². The predicted molar refractivity (Wildman–Crippen MR) is 201 cm³/mol. The molecule has 0 amide bonds. The van der Waals surface area contributed by atoms with E-state index in [9.17, 15) is 0 Å². The van der Waals surface area contributed by atoms with Gasteiger partial charge in [-0.05, 0) is 65.9 Å². The first-order valence-corrected chi connectivity index (χ1v) is 16.4. The minimum absolute atomic E-state index is 0. The third-order valence-corrected chi connectivity index (χ3v) is 9.07. The van der Waals surface area contributed by atoms with Gasteiger partial charge in [-0.25, -0.2) is 14.2 Å². The van der Waals surface area contributed by atoms with Gasteiger partial charge in [0.2, 0.25) is 0 Å². The molecule has 6 aromatic carbocycles. The van der Waals surface area contributed by atoms with Crippen LogP contribution in [0.25, 0.3) is 43.6 Å². The fourth-order valence-corrected chi connectivity index (χ4v) is 6.68. The Hall–Kier alpha value is -6.22. The summed E-state index contributed by atoms with van der Waals surface area (Å²) in [6.07, 6.45) is 1.82. The van der Waals surface area contributed by atoms with Gasteiger partial charge in [0.1, 0.15) is 11.6 Å². The molecule has 3 heterocycles. The fraction of sp³-hybridized carbons (Fsp3) is 0.0227. The number of benzene rings is 6. The van der Waals surface area contributed by atoms with Crippen LogP contribution in [-0.2, 0) is 21.1 Å². The molecule has 0 atom stereocenters. The van der Waals surface area contributed by atoms with Crippen LogP contribution < -0.4 is 14.5 Å². The zero-order chi connectivity index (χ0) is 34.5. The van der Waals surface area contributed by atoms with Crippen molar-refractivity contribution in [1.82, 2.24) is 9.55 Å². The zero-order valence-corrected chi connectivity index (χ0v) is 30.0. The van der Waals surface area contributed by atoms with Crippen molar-refractivity contribution in [3.05, 3.63) is 181 Å². The van der Waals surface area contributed by atoms with Gasteiger partial charge in [0.25, 0.3) is 0 Å². The fourth-order valence-electron chi connectivity index (χ4n) is 6.68. The van der Waals surface area contributed by atoms with Crippen molar-refractivity contribution in [1.29, 1.82) is 0 Å². The van der Waals surface area contributed by atoms with E-state index >= 15 is 4.39 Å². The van der Waals surface area contributed by atoms with E-state index in [-0.39, 0.29) is 26.9 Å². The molecule has 0 saturated carbocycles. The van der Waals surface area contributed by atoms with Gasteiger partial charge in [-0.2, -0.15) is 6.07 Å². The molecule has 1 aliphatic rings. The molecule has 2 aromatic heterocycles. The summed E-state index contributed by atoms with van der Waals surface area (Å²) in [6, 6.07) is 49.3. The number of ether oxygens (including phenoxy) is 1. The van der Waals surface area contributed by atoms with Crippen LogP contribution in [0.4, 0.5) is 32.8 Å². The molecule has 0 unspecified atom stereocenters. The molecule has 0 bridgehead atoms. The molecule has 0 fully saturated rings. The van der Waals surface area contributed by atoms with E-state index in [0.29, 0.717) is 28.6 Å². The van der Waals surface area contributed by atoms with Gasteiger partial charge >= 0.3 is 0 Å². The minimum Gasteiger partial charge on any atom is -0.509 e. The molecule has 0 aliphatic carbocycles. The Bertz CT molecular complexity index is 2660. The van der Waals surface area contributed by atoms with Gasteiger partial charge < -0.3 is 19.1 Å². The standard InChI is InChI=1S/C44H27FN5O.Pt/c1-29-21-22-47-44(23-29)50-39-11-5-3-9-36(39)37-20-19-34(27-43(37)50)51-35-25-31(30-15-17-32(46-2)18-16-30)24-33(26-35)48-28-49(40-12-6-4-10-38(40)45)42-14-8-7-13-41(42)48;/h3-25,28H,1H3;/q-3;. The van der Waals surface area contributed by atoms with Crippen LogP contribution in [0.2, 0.25) is 0 Å². The van der Waals surface area contributed by atoms with Crippen molar-refractivity contribution in [2.24, 2.45) is 0 Å². The topological polar surface area (TPSA) is 37.9 Å². The minimum atomic E-state index is -0.323. The molecule has 1 aliphatic heterocycles. The maximum atomic E-state index is 15.1. The first-order chi connectivity index (χ1) is 25.0. The van der Waals surface area contributed by atoms with Gasteiger partial charge in [-0.1, -0.05) is 72.2 Å². The second-order valence-electron chi connectivity index (χ2n) is 12.3. The third kappa shape index (κ3) is 5.78. The van der Waals surface area contributed by atoms with E-state index < -0.39 is 0 Å². The monoisotopic (exact) mass is 855 g/mol. The summed E-state index contributed by atoms with van der Waals surface area (Å²) in [5.74, 6) is 1.46. The van der Waals surface area contributed by atoms with Crippen molar-refractivity contribution >= 4 is 50.2 Å². The van der Waals surface area contributed by atoms with Crippen LogP contribution in [0.5, 0.6) is 11.5 Å². The average Bonchev–Trinajstić information content (AvgIpc) is 3.71. The number of fused-ring (bicyclic) bond motifs is 4. The number of anilines is 4. The number of aryl methyl sites for hydroxylation is 1. The van der Waals surface area contributed by atoms with E-state index in [1.165, 1.54) is 6.07 Å². The van der Waals surface area contributed by atoms with Gasteiger partial charge in [-0.15, -0.1) is 53.6 Å². The summed E-state index contributed by atoms with van der Waals surface area (Å²) in [6.45, 7) is 11.3. The van der Waals surface area contributed by atoms with Crippen molar-refractivity contribution < 1.29 is 30.2 Å². The summed E-state index contributed by atoms with van der Waals surface area (Å²) in [5, 5.41) is 2.14. The number of aromatic nitrogens is 2. The molecule has 9 rings (SSSR count). The molecule has 52 heavy (non-hydrogen) atoms. The average molecular weight is 856 g/mol. The van der Waals surface area contributed by atoms with Crippen LogP contribution in [-0.4, -0.2) is 9.55 Å². The predicted octanol–water partition coefficient (Wildman–Crippen LogP) is 11.6. The summed E-state index contributed by atoms with van der Waals surface area (Å²) in [7, 11) is 0. The van der Waals surface area contributed by atoms with E-state index in [0.717, 1.165) is 55.7 Å². The van der Waals surface area contributed by atoms with Gasteiger partial charge in [0.15, 0.2) is 5.69 Å². The Balaban J connectivity index is 0.00000387. The Morgan fingerprint density at radius 2 is 1.44 bits per heavy atom. The molecule has 6 nitrogen and oxygen atoms in total. The summed E-state index contributed by atoms with van der Waals surface area (Å²) < 4.78 is 23.8. The molecule has 8 heteroatoms. The van der Waals surface area contributed by atoms with E-state index in [2.05, 4.69) is 52.7 Å². The molecule has 0 N–H and O–H groups in total. The maximum absolute atomic E-state index is 15.1. The normalized spacial score (nSPS) is 12.1. The first-order valence-electron chi connectivity index (χ1n) is 16.4. The Morgan fingerprint density at radius 3 is 2.21 bits per heavy atom. The van der Waals surface area contributed by atoms with Crippen LogP contribution in [0.3, 0.4) is 0 Å². The van der Waals surface area contributed by atoms with Crippen molar-refractivity contribution in [3.8, 4) is 28.4 Å². The molecule has 8 aromatic rings. The summed E-state index contributed by atoms with van der Waals surface area (Å²) in [5.41, 5.74) is 8.15. The Kier molecular flexibility index (Phi) is 8.54. The summed E-state index contributed by atoms with van der Waals surface area (Å²) in [4.78, 5) is 12.1. The molecule has 254 valence electrons. The number of nitrogens with zero attached hydrogens (tertiary/aromatic N) is 5. The van der Waals surface area contributed by atoms with Crippen molar-refractivity contribution in [2.45, 2.75) is 6.92 Å². The molecule has 0 saturated heterocycles. The van der Waals surface area contributed by atoms with Crippen LogP contribution in [0, 0.1) is 38.1 Å². The van der Waals surface area contributed by atoms with Gasteiger partial charge in [0.05, 0.1) is 6.57 Å². The molecule has 0 radical (unpaired) electrons. The number of rotatable bonds is 6.